The Morgan fingerprint density at radius 2 is 1.53 bits per heavy atom. The molecule has 0 saturated heterocycles. The monoisotopic (exact) mass is 274 g/mol. The first kappa shape index (κ1) is 18.9. The summed E-state index contributed by atoms with van der Waals surface area (Å²) in [5.74, 6) is 0. The van der Waals surface area contributed by atoms with Crippen molar-refractivity contribution < 1.29 is 14.6 Å². The van der Waals surface area contributed by atoms with Crippen LogP contribution in [0.15, 0.2) is 0 Å². The van der Waals surface area contributed by atoms with Crippen molar-refractivity contribution in [3.05, 3.63) is 0 Å². The van der Waals surface area contributed by atoms with Crippen molar-refractivity contribution in [2.24, 2.45) is 0 Å². The maximum Gasteiger partial charge on any atom is 0.0784 e. The van der Waals surface area contributed by atoms with Gasteiger partial charge >= 0.3 is 0 Å². The fraction of sp³-hybridized carbons (Fsp3) is 1.00. The second-order valence-electron chi connectivity index (χ2n) is 5.36. The summed E-state index contributed by atoms with van der Waals surface area (Å²) in [4.78, 5) is 0. The molecule has 0 radical (unpaired) electrons. The standard InChI is InChI=1S/C16H34O3/c1-4-6-8-10-16(11-9-7-5-2)19-15(3)14-18-13-12-17/h15-17H,4-14H2,1-3H3. The molecule has 0 aromatic carbocycles. The molecule has 3 heteroatoms. The molecule has 0 aliphatic rings. The van der Waals surface area contributed by atoms with Crippen LogP contribution in [-0.4, -0.2) is 37.1 Å². The van der Waals surface area contributed by atoms with Crippen molar-refractivity contribution in [3.63, 3.8) is 0 Å². The summed E-state index contributed by atoms with van der Waals surface area (Å²) in [5, 5.41) is 8.68. The molecule has 0 aliphatic heterocycles. The van der Waals surface area contributed by atoms with Crippen molar-refractivity contribution in [1.82, 2.24) is 0 Å². The number of aliphatic hydroxyl groups is 1. The Morgan fingerprint density at radius 1 is 0.947 bits per heavy atom. The van der Waals surface area contributed by atoms with Gasteiger partial charge in [0.15, 0.2) is 0 Å². The number of hydrogen-bond acceptors (Lipinski definition) is 3. The number of unbranched alkanes of at least 4 members (excludes halogenated alkanes) is 4. The van der Waals surface area contributed by atoms with Crippen LogP contribution < -0.4 is 0 Å². The third-order valence-corrected chi connectivity index (χ3v) is 3.27. The summed E-state index contributed by atoms with van der Waals surface area (Å²) in [6.07, 6.45) is 10.5. The third-order valence-electron chi connectivity index (χ3n) is 3.27. The van der Waals surface area contributed by atoms with Gasteiger partial charge in [-0.05, 0) is 19.8 Å². The van der Waals surface area contributed by atoms with Gasteiger partial charge in [0.25, 0.3) is 0 Å². The molecule has 19 heavy (non-hydrogen) atoms. The van der Waals surface area contributed by atoms with Gasteiger partial charge in [-0.2, -0.15) is 0 Å². The normalized spacial score (nSPS) is 13.1. The van der Waals surface area contributed by atoms with E-state index in [1.165, 1.54) is 51.4 Å². The minimum Gasteiger partial charge on any atom is -0.394 e. The fourth-order valence-corrected chi connectivity index (χ4v) is 2.21. The van der Waals surface area contributed by atoms with Crippen molar-refractivity contribution in [1.29, 1.82) is 0 Å². The molecule has 0 spiro atoms. The van der Waals surface area contributed by atoms with Crippen LogP contribution in [0.4, 0.5) is 0 Å². The van der Waals surface area contributed by atoms with Crippen LogP contribution in [0.25, 0.3) is 0 Å². The zero-order valence-electron chi connectivity index (χ0n) is 13.2. The highest BCUT2D eigenvalue weighted by Gasteiger charge is 2.13. The van der Waals surface area contributed by atoms with E-state index >= 15 is 0 Å². The van der Waals surface area contributed by atoms with Crippen LogP contribution in [-0.2, 0) is 9.47 Å². The first-order valence-electron chi connectivity index (χ1n) is 8.08. The average molecular weight is 274 g/mol. The molecule has 1 atom stereocenters. The van der Waals surface area contributed by atoms with Gasteiger partial charge in [-0.15, -0.1) is 0 Å². The van der Waals surface area contributed by atoms with E-state index in [-0.39, 0.29) is 12.7 Å². The lowest BCUT2D eigenvalue weighted by Gasteiger charge is -2.22. The maximum absolute atomic E-state index is 8.68. The largest absolute Gasteiger partial charge is 0.394 e. The average Bonchev–Trinajstić information content (AvgIpc) is 2.39. The van der Waals surface area contributed by atoms with E-state index < -0.39 is 0 Å². The molecule has 0 aliphatic carbocycles. The van der Waals surface area contributed by atoms with Crippen molar-refractivity contribution >= 4 is 0 Å². The summed E-state index contributed by atoms with van der Waals surface area (Å²) in [6.45, 7) is 7.60. The SMILES string of the molecule is CCCCCC(CCCCC)OC(C)COCCO. The topological polar surface area (TPSA) is 38.7 Å². The quantitative estimate of drug-likeness (QED) is 0.488. The lowest BCUT2D eigenvalue weighted by atomic mass is 10.0. The molecule has 3 nitrogen and oxygen atoms in total. The molecule has 0 rings (SSSR count). The lowest BCUT2D eigenvalue weighted by molar-refractivity contribution is -0.0587. The first-order chi connectivity index (χ1) is 9.24. The molecule has 0 bridgehead atoms. The number of hydrogen-bond donors (Lipinski definition) is 1. The number of rotatable bonds is 14. The molecule has 116 valence electrons. The predicted octanol–water partition coefficient (Wildman–Crippen LogP) is 3.93. The maximum atomic E-state index is 8.68. The van der Waals surface area contributed by atoms with Gasteiger partial charge in [-0.1, -0.05) is 52.4 Å². The van der Waals surface area contributed by atoms with Crippen LogP contribution in [0.2, 0.25) is 0 Å². The molecule has 0 saturated carbocycles. The van der Waals surface area contributed by atoms with Gasteiger partial charge in [0, 0.05) is 0 Å². The molecule has 0 aromatic rings. The highest BCUT2D eigenvalue weighted by Crippen LogP contribution is 2.16. The van der Waals surface area contributed by atoms with Gasteiger partial charge in [0.05, 0.1) is 32.0 Å². The van der Waals surface area contributed by atoms with Crippen LogP contribution in [0, 0.1) is 0 Å². The van der Waals surface area contributed by atoms with Gasteiger partial charge in [0.1, 0.15) is 0 Å². The Kier molecular flexibility index (Phi) is 14.2. The second kappa shape index (κ2) is 14.3. The van der Waals surface area contributed by atoms with Crippen LogP contribution >= 0.6 is 0 Å². The third kappa shape index (κ3) is 12.6. The van der Waals surface area contributed by atoms with Crippen LogP contribution in [0.3, 0.4) is 0 Å². The lowest BCUT2D eigenvalue weighted by Crippen LogP contribution is -2.24. The zero-order chi connectivity index (χ0) is 14.3. The minimum absolute atomic E-state index is 0.0865. The van der Waals surface area contributed by atoms with E-state index in [1.807, 2.05) is 0 Å². The van der Waals surface area contributed by atoms with Gasteiger partial charge < -0.3 is 14.6 Å². The highest BCUT2D eigenvalue weighted by molar-refractivity contribution is 4.62. The molecule has 0 aromatic heterocycles. The van der Waals surface area contributed by atoms with Crippen molar-refractivity contribution in [2.75, 3.05) is 19.8 Å². The highest BCUT2D eigenvalue weighted by atomic mass is 16.5. The Morgan fingerprint density at radius 3 is 2.00 bits per heavy atom. The van der Waals surface area contributed by atoms with E-state index in [2.05, 4.69) is 20.8 Å². The Bertz CT molecular complexity index is 163. The van der Waals surface area contributed by atoms with Crippen molar-refractivity contribution in [2.45, 2.75) is 84.3 Å². The van der Waals surface area contributed by atoms with E-state index in [4.69, 9.17) is 14.6 Å². The zero-order valence-corrected chi connectivity index (χ0v) is 13.2. The fourth-order valence-electron chi connectivity index (χ4n) is 2.21. The van der Waals surface area contributed by atoms with E-state index in [0.717, 1.165) is 0 Å². The van der Waals surface area contributed by atoms with E-state index in [0.29, 0.717) is 19.3 Å². The summed E-state index contributed by atoms with van der Waals surface area (Å²) in [6, 6.07) is 0. The van der Waals surface area contributed by atoms with Crippen LogP contribution in [0.5, 0.6) is 0 Å². The minimum atomic E-state index is 0.0865. The van der Waals surface area contributed by atoms with Gasteiger partial charge in [-0.3, -0.25) is 0 Å². The Hall–Kier alpha value is -0.120. The van der Waals surface area contributed by atoms with Crippen LogP contribution in [0.1, 0.15) is 72.1 Å². The molecule has 1 N–H and O–H groups in total. The molecule has 0 heterocycles. The first-order valence-corrected chi connectivity index (χ1v) is 8.08. The molecule has 0 fully saturated rings. The molecule has 1 unspecified atom stereocenters. The summed E-state index contributed by atoms with van der Waals surface area (Å²) in [5.41, 5.74) is 0. The Balaban J connectivity index is 3.86. The van der Waals surface area contributed by atoms with Gasteiger partial charge in [0.2, 0.25) is 0 Å². The van der Waals surface area contributed by atoms with E-state index in [1.54, 1.807) is 0 Å². The van der Waals surface area contributed by atoms with Gasteiger partial charge in [-0.25, -0.2) is 0 Å². The van der Waals surface area contributed by atoms with Crippen molar-refractivity contribution in [3.8, 4) is 0 Å². The molecule has 0 amide bonds. The number of aliphatic hydroxyl groups excluding tert-OH is 1. The Labute approximate surface area is 119 Å². The summed E-state index contributed by atoms with van der Waals surface area (Å²) < 4.78 is 11.4. The predicted molar refractivity (Wildman–Crippen MR) is 80.5 cm³/mol. The second-order valence-corrected chi connectivity index (χ2v) is 5.36. The molecular weight excluding hydrogens is 240 g/mol. The number of ether oxygens (including phenoxy) is 2. The summed E-state index contributed by atoms with van der Waals surface area (Å²) in [7, 11) is 0. The van der Waals surface area contributed by atoms with E-state index in [9.17, 15) is 0 Å². The summed E-state index contributed by atoms with van der Waals surface area (Å²) >= 11 is 0. The smallest absolute Gasteiger partial charge is 0.0784 e. The molecular formula is C16H34O3.